The fourth-order valence-corrected chi connectivity index (χ4v) is 2.58. The van der Waals surface area contributed by atoms with E-state index in [0.717, 1.165) is 0 Å². The van der Waals surface area contributed by atoms with Crippen LogP contribution in [0, 0.1) is 0 Å². The summed E-state index contributed by atoms with van der Waals surface area (Å²) in [7, 11) is 0.815. The minimum Gasteiger partial charge on any atom is -0.493 e. The van der Waals surface area contributed by atoms with E-state index in [2.05, 4.69) is 10.0 Å². The Hall–Kier alpha value is -1.80. The molecule has 0 saturated carbocycles. The van der Waals surface area contributed by atoms with Gasteiger partial charge in [0.1, 0.15) is 0 Å². The van der Waals surface area contributed by atoms with Gasteiger partial charge < -0.3 is 14.8 Å². The molecule has 1 aromatic rings. The molecule has 0 heterocycles. The van der Waals surface area contributed by atoms with E-state index in [0.29, 0.717) is 17.1 Å². The van der Waals surface area contributed by atoms with Crippen molar-refractivity contribution in [3.8, 4) is 11.5 Å². The maximum atomic E-state index is 11.8. The lowest BCUT2D eigenvalue weighted by Crippen LogP contribution is -2.35. The van der Waals surface area contributed by atoms with Gasteiger partial charge in [-0.2, -0.15) is 0 Å². The molecule has 1 aromatic carbocycles. The fourth-order valence-electron chi connectivity index (χ4n) is 1.50. The van der Waals surface area contributed by atoms with Gasteiger partial charge in [0.15, 0.2) is 11.5 Å². The predicted octanol–water partition coefficient (Wildman–Crippen LogP) is -0.131. The van der Waals surface area contributed by atoms with Crippen LogP contribution in [-0.2, 0) is 20.6 Å². The first-order chi connectivity index (χ1) is 9.41. The highest BCUT2D eigenvalue weighted by Gasteiger charge is 2.14. The Morgan fingerprint density at radius 3 is 2.40 bits per heavy atom. The van der Waals surface area contributed by atoms with Crippen molar-refractivity contribution in [3.05, 3.63) is 23.8 Å². The lowest BCUT2D eigenvalue weighted by atomic mass is 10.2. The van der Waals surface area contributed by atoms with E-state index in [1.807, 2.05) is 0 Å². The molecule has 0 bridgehead atoms. The van der Waals surface area contributed by atoms with Crippen LogP contribution in [0.1, 0.15) is 5.56 Å². The molecule has 8 heteroatoms. The highest BCUT2D eigenvalue weighted by molar-refractivity contribution is 7.88. The zero-order valence-corrected chi connectivity index (χ0v) is 12.4. The Labute approximate surface area is 118 Å². The molecule has 2 N–H and O–H groups in total. The molecule has 0 fully saturated rings. The van der Waals surface area contributed by atoms with Crippen LogP contribution < -0.4 is 19.5 Å². The summed E-state index contributed by atoms with van der Waals surface area (Å²) >= 11 is 0. The predicted molar refractivity (Wildman–Crippen MR) is 74.2 cm³/mol. The van der Waals surface area contributed by atoms with E-state index in [1.165, 1.54) is 21.3 Å². The second-order valence-corrected chi connectivity index (χ2v) is 5.75. The Bertz CT molecular complexity index is 571. The maximum Gasteiger partial charge on any atom is 0.234 e. The normalized spacial score (nSPS) is 10.9. The van der Waals surface area contributed by atoms with Gasteiger partial charge in [-0.05, 0) is 17.7 Å². The van der Waals surface area contributed by atoms with Crippen LogP contribution in [-0.4, -0.2) is 42.1 Å². The van der Waals surface area contributed by atoms with Crippen LogP contribution in [0.2, 0.25) is 0 Å². The summed E-state index contributed by atoms with van der Waals surface area (Å²) in [6.07, 6.45) is 0. The number of likely N-dealkylation sites (N-methyl/N-ethyl adjacent to an activating group) is 1. The first kappa shape index (κ1) is 16.3. The van der Waals surface area contributed by atoms with Crippen LogP contribution in [0.4, 0.5) is 0 Å². The van der Waals surface area contributed by atoms with Gasteiger partial charge in [0, 0.05) is 7.05 Å². The van der Waals surface area contributed by atoms with Crippen molar-refractivity contribution >= 4 is 15.9 Å². The van der Waals surface area contributed by atoms with Crippen molar-refractivity contribution in [2.75, 3.05) is 27.8 Å². The summed E-state index contributed by atoms with van der Waals surface area (Å²) < 4.78 is 36.0. The van der Waals surface area contributed by atoms with Crippen molar-refractivity contribution in [1.82, 2.24) is 10.0 Å². The van der Waals surface area contributed by atoms with Crippen molar-refractivity contribution in [2.24, 2.45) is 0 Å². The number of methoxy groups -OCH3 is 2. The molecule has 0 atom stereocenters. The van der Waals surface area contributed by atoms with Gasteiger partial charge in [-0.25, -0.2) is 13.1 Å². The van der Waals surface area contributed by atoms with Gasteiger partial charge >= 0.3 is 0 Å². The van der Waals surface area contributed by atoms with Gasteiger partial charge in [0.2, 0.25) is 15.9 Å². The standard InChI is InChI=1S/C12H18N2O5S/c1-13-12(15)7-14-20(16,17)8-9-4-5-10(18-2)11(6-9)19-3/h4-6,14H,7-8H2,1-3H3,(H,13,15). The Kier molecular flexibility index (Phi) is 5.78. The summed E-state index contributed by atoms with van der Waals surface area (Å²) in [4.78, 5) is 11.0. The zero-order valence-electron chi connectivity index (χ0n) is 11.6. The molecule has 112 valence electrons. The van der Waals surface area contributed by atoms with E-state index >= 15 is 0 Å². The Morgan fingerprint density at radius 1 is 1.20 bits per heavy atom. The number of carbonyl (C=O) groups excluding carboxylic acids is 1. The monoisotopic (exact) mass is 302 g/mol. The van der Waals surface area contributed by atoms with Gasteiger partial charge in [-0.1, -0.05) is 6.07 Å². The second-order valence-electron chi connectivity index (χ2n) is 3.94. The number of benzene rings is 1. The minimum absolute atomic E-state index is 0.246. The number of carbonyl (C=O) groups is 1. The molecule has 0 unspecified atom stereocenters. The van der Waals surface area contributed by atoms with E-state index in [9.17, 15) is 13.2 Å². The van der Waals surface area contributed by atoms with Crippen LogP contribution in [0.25, 0.3) is 0 Å². The molecule has 0 aromatic heterocycles. The Balaban J connectivity index is 2.79. The zero-order chi connectivity index (χ0) is 15.2. The highest BCUT2D eigenvalue weighted by atomic mass is 32.2. The van der Waals surface area contributed by atoms with Gasteiger partial charge in [0.25, 0.3) is 0 Å². The molecule has 0 radical (unpaired) electrons. The smallest absolute Gasteiger partial charge is 0.234 e. The molecule has 0 saturated heterocycles. The lowest BCUT2D eigenvalue weighted by molar-refractivity contribution is -0.119. The molecule has 0 spiro atoms. The first-order valence-electron chi connectivity index (χ1n) is 5.80. The second kappa shape index (κ2) is 7.11. The van der Waals surface area contributed by atoms with E-state index in [-0.39, 0.29) is 12.3 Å². The molecule has 0 aliphatic carbocycles. The first-order valence-corrected chi connectivity index (χ1v) is 7.46. The third kappa shape index (κ3) is 4.71. The van der Waals surface area contributed by atoms with Gasteiger partial charge in [-0.3, -0.25) is 4.79 Å². The molecule has 7 nitrogen and oxygen atoms in total. The van der Waals surface area contributed by atoms with Crippen molar-refractivity contribution in [3.63, 3.8) is 0 Å². The fraction of sp³-hybridized carbons (Fsp3) is 0.417. The summed E-state index contributed by atoms with van der Waals surface area (Å²) in [5.74, 6) is 0.323. The SMILES string of the molecule is CNC(=O)CNS(=O)(=O)Cc1ccc(OC)c(OC)c1. The summed E-state index contributed by atoms with van der Waals surface area (Å²) in [5, 5.41) is 2.33. The average molecular weight is 302 g/mol. The number of sulfonamides is 1. The van der Waals surface area contributed by atoms with Crippen molar-refractivity contribution < 1.29 is 22.7 Å². The summed E-state index contributed by atoms with van der Waals surface area (Å²) in [5.41, 5.74) is 0.534. The van der Waals surface area contributed by atoms with Crippen LogP contribution >= 0.6 is 0 Å². The summed E-state index contributed by atoms with van der Waals surface area (Å²) in [6.45, 7) is -0.286. The summed E-state index contributed by atoms with van der Waals surface area (Å²) in [6, 6.07) is 4.83. The van der Waals surface area contributed by atoms with Crippen LogP contribution in [0.15, 0.2) is 18.2 Å². The highest BCUT2D eigenvalue weighted by Crippen LogP contribution is 2.28. The number of ether oxygens (including phenoxy) is 2. The third-order valence-corrected chi connectivity index (χ3v) is 3.83. The molecule has 1 amide bonds. The number of rotatable bonds is 7. The maximum absolute atomic E-state index is 11.8. The lowest BCUT2D eigenvalue weighted by Gasteiger charge is -2.10. The molecule has 1 rings (SSSR count). The van der Waals surface area contributed by atoms with Crippen LogP contribution in [0.3, 0.4) is 0 Å². The van der Waals surface area contributed by atoms with E-state index < -0.39 is 15.9 Å². The molecule has 0 aliphatic heterocycles. The molecule has 0 aliphatic rings. The van der Waals surface area contributed by atoms with Crippen molar-refractivity contribution in [1.29, 1.82) is 0 Å². The number of hydrogen-bond donors (Lipinski definition) is 2. The quantitative estimate of drug-likeness (QED) is 0.732. The third-order valence-electron chi connectivity index (χ3n) is 2.54. The van der Waals surface area contributed by atoms with Gasteiger partial charge in [-0.15, -0.1) is 0 Å². The van der Waals surface area contributed by atoms with Crippen LogP contribution in [0.5, 0.6) is 11.5 Å². The largest absolute Gasteiger partial charge is 0.493 e. The van der Waals surface area contributed by atoms with Gasteiger partial charge in [0.05, 0.1) is 26.5 Å². The topological polar surface area (TPSA) is 93.7 Å². The Morgan fingerprint density at radius 2 is 1.85 bits per heavy atom. The average Bonchev–Trinajstić information content (AvgIpc) is 2.44. The van der Waals surface area contributed by atoms with E-state index in [1.54, 1.807) is 18.2 Å². The number of amides is 1. The molecular formula is C12H18N2O5S. The van der Waals surface area contributed by atoms with E-state index in [4.69, 9.17) is 9.47 Å². The number of hydrogen-bond acceptors (Lipinski definition) is 5. The van der Waals surface area contributed by atoms with Crippen molar-refractivity contribution in [2.45, 2.75) is 5.75 Å². The minimum atomic E-state index is -3.59. The molecule has 20 heavy (non-hydrogen) atoms. The molecular weight excluding hydrogens is 284 g/mol. The number of nitrogens with one attached hydrogen (secondary N) is 2.